The second-order valence-corrected chi connectivity index (χ2v) is 7.10. The maximum absolute atomic E-state index is 13.6. The van der Waals surface area contributed by atoms with Gasteiger partial charge in [-0.05, 0) is 49.9 Å². The number of thiophene rings is 1. The highest BCUT2D eigenvalue weighted by Crippen LogP contribution is 2.25. The summed E-state index contributed by atoms with van der Waals surface area (Å²) in [6.45, 7) is 4.97. The maximum atomic E-state index is 13.6. The van der Waals surface area contributed by atoms with Gasteiger partial charge < -0.3 is 10.1 Å². The van der Waals surface area contributed by atoms with Crippen LogP contribution in [0.4, 0.5) is 4.39 Å². The van der Waals surface area contributed by atoms with Crippen LogP contribution in [0.1, 0.15) is 30.9 Å². The Hall–Kier alpha value is -2.58. The summed E-state index contributed by atoms with van der Waals surface area (Å²) in [5.41, 5.74) is 0.510. The molecular weight excluding hydrogens is 367 g/mol. The summed E-state index contributed by atoms with van der Waals surface area (Å²) in [6, 6.07) is 9.81. The molecule has 0 spiro atoms. The lowest BCUT2D eigenvalue weighted by Gasteiger charge is -2.07. The largest absolute Gasteiger partial charge is 0.379 e. The SMILES string of the molecule is CC(C)OCCCNC(=O)c1nc(-c2cccs2)n(-c2cccc(F)c2)n1. The van der Waals surface area contributed by atoms with Crippen LogP contribution < -0.4 is 5.32 Å². The fourth-order valence-electron chi connectivity index (χ4n) is 2.43. The van der Waals surface area contributed by atoms with Crippen LogP contribution in [0.3, 0.4) is 0 Å². The zero-order valence-electron chi connectivity index (χ0n) is 15.2. The molecule has 0 unspecified atom stereocenters. The molecule has 0 atom stereocenters. The Morgan fingerprint density at radius 3 is 2.89 bits per heavy atom. The first-order chi connectivity index (χ1) is 13.0. The number of carbonyl (C=O) groups excluding carboxylic acids is 1. The van der Waals surface area contributed by atoms with Gasteiger partial charge in [-0.15, -0.1) is 16.4 Å². The van der Waals surface area contributed by atoms with Gasteiger partial charge >= 0.3 is 0 Å². The molecule has 3 aromatic rings. The summed E-state index contributed by atoms with van der Waals surface area (Å²) in [7, 11) is 0. The number of nitrogens with one attached hydrogen (secondary N) is 1. The molecule has 8 heteroatoms. The quantitative estimate of drug-likeness (QED) is 0.598. The molecule has 2 aromatic heterocycles. The molecule has 0 saturated carbocycles. The molecule has 0 radical (unpaired) electrons. The molecule has 0 aliphatic carbocycles. The predicted molar refractivity (Wildman–Crippen MR) is 103 cm³/mol. The molecule has 27 heavy (non-hydrogen) atoms. The summed E-state index contributed by atoms with van der Waals surface area (Å²) in [5.74, 6) is -0.194. The minimum absolute atomic E-state index is 0.0486. The van der Waals surface area contributed by atoms with Crippen LogP contribution in [0.5, 0.6) is 0 Å². The highest BCUT2D eigenvalue weighted by atomic mass is 32.1. The first-order valence-corrected chi connectivity index (χ1v) is 9.59. The van der Waals surface area contributed by atoms with Crippen molar-refractivity contribution in [2.24, 2.45) is 0 Å². The predicted octanol–water partition coefficient (Wildman–Crippen LogP) is 3.68. The standard InChI is InChI=1S/C19H21FN4O2S/c1-13(2)26-10-5-9-21-19(25)17-22-18(16-8-4-11-27-16)24(23-17)15-7-3-6-14(20)12-15/h3-4,6-8,11-13H,5,9-10H2,1-2H3,(H,21,25). The summed E-state index contributed by atoms with van der Waals surface area (Å²) in [5, 5.41) is 9.01. The molecule has 0 aliphatic heterocycles. The highest BCUT2D eigenvalue weighted by Gasteiger charge is 2.19. The van der Waals surface area contributed by atoms with E-state index in [4.69, 9.17) is 4.74 Å². The van der Waals surface area contributed by atoms with Crippen LogP contribution in [0.15, 0.2) is 41.8 Å². The average molecular weight is 388 g/mol. The summed E-state index contributed by atoms with van der Waals surface area (Å²) >= 11 is 1.48. The van der Waals surface area contributed by atoms with E-state index in [0.717, 1.165) is 4.88 Å². The molecule has 1 N–H and O–H groups in total. The third-order valence-corrected chi connectivity index (χ3v) is 4.53. The lowest BCUT2D eigenvalue weighted by molar-refractivity contribution is 0.0756. The van der Waals surface area contributed by atoms with E-state index in [2.05, 4.69) is 15.4 Å². The van der Waals surface area contributed by atoms with Gasteiger partial charge in [0.1, 0.15) is 5.82 Å². The van der Waals surface area contributed by atoms with Crippen molar-refractivity contribution in [1.29, 1.82) is 0 Å². The molecule has 0 aliphatic rings. The molecule has 142 valence electrons. The fraction of sp³-hybridized carbons (Fsp3) is 0.316. The molecule has 6 nitrogen and oxygen atoms in total. The smallest absolute Gasteiger partial charge is 0.290 e. The van der Waals surface area contributed by atoms with Crippen molar-refractivity contribution in [1.82, 2.24) is 20.1 Å². The highest BCUT2D eigenvalue weighted by molar-refractivity contribution is 7.13. The number of rotatable bonds is 8. The average Bonchev–Trinajstić information content (AvgIpc) is 3.30. The van der Waals surface area contributed by atoms with Crippen LogP contribution in [0, 0.1) is 5.82 Å². The van der Waals surface area contributed by atoms with Gasteiger partial charge in [0, 0.05) is 13.2 Å². The zero-order chi connectivity index (χ0) is 19.2. The van der Waals surface area contributed by atoms with Crippen LogP contribution >= 0.6 is 11.3 Å². The van der Waals surface area contributed by atoms with Gasteiger partial charge in [0.2, 0.25) is 5.82 Å². The van der Waals surface area contributed by atoms with E-state index in [0.29, 0.717) is 31.1 Å². The minimum atomic E-state index is -0.378. The third kappa shape index (κ3) is 4.99. The Bertz CT molecular complexity index is 893. The normalized spacial score (nSPS) is 11.1. The van der Waals surface area contributed by atoms with E-state index < -0.39 is 0 Å². The zero-order valence-corrected chi connectivity index (χ0v) is 16.0. The van der Waals surface area contributed by atoms with Gasteiger partial charge in [0.15, 0.2) is 5.82 Å². The van der Waals surface area contributed by atoms with Crippen molar-refractivity contribution in [3.05, 3.63) is 53.4 Å². The van der Waals surface area contributed by atoms with Crippen molar-refractivity contribution < 1.29 is 13.9 Å². The fourth-order valence-corrected chi connectivity index (χ4v) is 3.13. The van der Waals surface area contributed by atoms with Crippen LogP contribution in [0.2, 0.25) is 0 Å². The Labute approximate surface area is 161 Å². The van der Waals surface area contributed by atoms with E-state index in [-0.39, 0.29) is 23.7 Å². The number of hydrogen-bond donors (Lipinski definition) is 1. The Morgan fingerprint density at radius 2 is 2.19 bits per heavy atom. The van der Waals surface area contributed by atoms with Crippen LogP contribution in [-0.4, -0.2) is 39.9 Å². The van der Waals surface area contributed by atoms with Crippen LogP contribution in [-0.2, 0) is 4.74 Å². The lowest BCUT2D eigenvalue weighted by atomic mass is 10.3. The number of ether oxygens (including phenoxy) is 1. The number of nitrogens with zero attached hydrogens (tertiary/aromatic N) is 3. The van der Waals surface area contributed by atoms with Crippen molar-refractivity contribution in [3.63, 3.8) is 0 Å². The molecule has 1 amide bonds. The van der Waals surface area contributed by atoms with Crippen molar-refractivity contribution in [2.45, 2.75) is 26.4 Å². The Morgan fingerprint density at radius 1 is 1.33 bits per heavy atom. The van der Waals surface area contributed by atoms with E-state index in [9.17, 15) is 9.18 Å². The van der Waals surface area contributed by atoms with Gasteiger partial charge in [-0.3, -0.25) is 4.79 Å². The number of benzene rings is 1. The summed E-state index contributed by atoms with van der Waals surface area (Å²) < 4.78 is 20.6. The van der Waals surface area contributed by atoms with Gasteiger partial charge in [0.05, 0.1) is 16.7 Å². The van der Waals surface area contributed by atoms with Crippen molar-refractivity contribution in [2.75, 3.05) is 13.2 Å². The van der Waals surface area contributed by atoms with E-state index >= 15 is 0 Å². The minimum Gasteiger partial charge on any atom is -0.379 e. The molecule has 0 bridgehead atoms. The van der Waals surface area contributed by atoms with Gasteiger partial charge in [-0.2, -0.15) is 0 Å². The summed E-state index contributed by atoms with van der Waals surface area (Å²) in [4.78, 5) is 17.6. The van der Waals surface area contributed by atoms with E-state index in [1.807, 2.05) is 31.4 Å². The first-order valence-electron chi connectivity index (χ1n) is 8.71. The van der Waals surface area contributed by atoms with E-state index in [1.54, 1.807) is 12.1 Å². The first kappa shape index (κ1) is 19.2. The van der Waals surface area contributed by atoms with Gasteiger partial charge in [0.25, 0.3) is 5.91 Å². The van der Waals surface area contributed by atoms with Crippen molar-refractivity contribution >= 4 is 17.2 Å². The monoisotopic (exact) mass is 388 g/mol. The Kier molecular flexibility index (Phi) is 6.31. The molecule has 0 saturated heterocycles. The lowest BCUT2D eigenvalue weighted by Crippen LogP contribution is -2.26. The molecule has 0 fully saturated rings. The molecule has 3 rings (SSSR count). The molecular formula is C19H21FN4O2S. The van der Waals surface area contributed by atoms with Crippen molar-refractivity contribution in [3.8, 4) is 16.4 Å². The molecule has 1 aromatic carbocycles. The third-order valence-electron chi connectivity index (χ3n) is 3.66. The topological polar surface area (TPSA) is 69.0 Å². The number of aromatic nitrogens is 3. The van der Waals surface area contributed by atoms with Gasteiger partial charge in [-0.1, -0.05) is 12.1 Å². The molecule has 2 heterocycles. The summed E-state index contributed by atoms with van der Waals surface area (Å²) in [6.07, 6.45) is 0.865. The van der Waals surface area contributed by atoms with Crippen LogP contribution in [0.25, 0.3) is 16.4 Å². The van der Waals surface area contributed by atoms with E-state index in [1.165, 1.54) is 28.2 Å². The number of hydrogen-bond acceptors (Lipinski definition) is 5. The van der Waals surface area contributed by atoms with Gasteiger partial charge in [-0.25, -0.2) is 14.1 Å². The maximum Gasteiger partial charge on any atom is 0.290 e. The second kappa shape index (κ2) is 8.88. The number of halogens is 1. The number of amides is 1. The second-order valence-electron chi connectivity index (χ2n) is 6.16. The number of carbonyl (C=O) groups is 1. The Balaban J connectivity index is 1.79.